The number of fused-ring (bicyclic) bond motifs is 1. The highest BCUT2D eigenvalue weighted by molar-refractivity contribution is 7.18. The number of thiazole rings is 1. The Kier molecular flexibility index (Phi) is 5.50. The average Bonchev–Trinajstić information content (AvgIpc) is 3.18. The number of hydrogen-bond acceptors (Lipinski definition) is 7. The third kappa shape index (κ3) is 3.98. The highest BCUT2D eigenvalue weighted by Gasteiger charge is 2.25. The molecule has 1 fully saturated rings. The zero-order chi connectivity index (χ0) is 19.5. The van der Waals surface area contributed by atoms with Crippen molar-refractivity contribution < 1.29 is 4.79 Å². The molecule has 0 aliphatic carbocycles. The monoisotopic (exact) mass is 396 g/mol. The number of rotatable bonds is 5. The number of carbonyl (C=O) groups is 1. The number of para-hydroxylation sites is 1. The van der Waals surface area contributed by atoms with E-state index in [1.807, 2.05) is 36.2 Å². The summed E-state index contributed by atoms with van der Waals surface area (Å²) < 4.78 is 1.18. The van der Waals surface area contributed by atoms with Crippen LogP contribution in [0.5, 0.6) is 0 Å². The number of hydrogen-bond donors (Lipinski definition) is 0. The van der Waals surface area contributed by atoms with Crippen LogP contribution in [0.25, 0.3) is 10.2 Å². The van der Waals surface area contributed by atoms with Crippen molar-refractivity contribution in [3.05, 3.63) is 47.7 Å². The number of aromatic nitrogens is 3. The first-order valence-electron chi connectivity index (χ1n) is 9.47. The maximum Gasteiger partial charge on any atom is 0.236 e. The summed E-state index contributed by atoms with van der Waals surface area (Å²) in [5, 5.41) is 1.04. The molecule has 8 heteroatoms. The second-order valence-electron chi connectivity index (χ2n) is 7.03. The van der Waals surface area contributed by atoms with Gasteiger partial charge >= 0.3 is 0 Å². The van der Waals surface area contributed by atoms with E-state index in [1.54, 1.807) is 23.7 Å². The first-order chi connectivity index (χ1) is 13.6. The molecule has 0 spiro atoms. The maximum atomic E-state index is 12.8. The molecule has 1 atom stereocenters. The van der Waals surface area contributed by atoms with Gasteiger partial charge in [-0.25, -0.2) is 15.0 Å². The number of piperazine rings is 1. The van der Waals surface area contributed by atoms with E-state index in [0.29, 0.717) is 19.6 Å². The Hall–Kier alpha value is -2.58. The first-order valence-corrected chi connectivity index (χ1v) is 10.3. The molecule has 7 nitrogen and oxygen atoms in total. The summed E-state index contributed by atoms with van der Waals surface area (Å²) in [6.07, 6.45) is 3.50. The zero-order valence-electron chi connectivity index (χ0n) is 16.2. The molecule has 0 saturated carbocycles. The molecule has 0 N–H and O–H groups in total. The van der Waals surface area contributed by atoms with Gasteiger partial charge in [0.15, 0.2) is 0 Å². The molecule has 0 unspecified atom stereocenters. The van der Waals surface area contributed by atoms with Gasteiger partial charge in [0.05, 0.1) is 22.8 Å². The Balaban J connectivity index is 1.33. The van der Waals surface area contributed by atoms with Crippen molar-refractivity contribution in [1.82, 2.24) is 24.8 Å². The number of anilines is 1. The third-order valence-corrected chi connectivity index (χ3v) is 6.39. The van der Waals surface area contributed by atoms with Gasteiger partial charge in [-0.1, -0.05) is 12.1 Å². The Bertz CT molecular complexity index is 905. The Morgan fingerprint density at radius 2 is 1.86 bits per heavy atom. The summed E-state index contributed by atoms with van der Waals surface area (Å²) in [4.78, 5) is 32.2. The fourth-order valence-electron chi connectivity index (χ4n) is 3.32. The number of benzene rings is 1. The predicted octanol–water partition coefficient (Wildman–Crippen LogP) is 2.43. The molecule has 28 heavy (non-hydrogen) atoms. The fourth-order valence-corrected chi connectivity index (χ4v) is 4.40. The molecule has 3 heterocycles. The number of likely N-dealkylation sites (N-methyl/N-ethyl adjacent to an activating group) is 1. The van der Waals surface area contributed by atoms with Crippen LogP contribution in [0.3, 0.4) is 0 Å². The van der Waals surface area contributed by atoms with Crippen LogP contribution < -0.4 is 4.90 Å². The summed E-state index contributed by atoms with van der Waals surface area (Å²) in [6.45, 7) is 5.40. The molecule has 1 aromatic carbocycles. The molecule has 2 aromatic heterocycles. The van der Waals surface area contributed by atoms with Crippen LogP contribution >= 0.6 is 11.3 Å². The van der Waals surface area contributed by atoms with Crippen LogP contribution in [0.2, 0.25) is 0 Å². The van der Waals surface area contributed by atoms with Crippen LogP contribution in [-0.2, 0) is 4.79 Å². The normalized spacial score (nSPS) is 16.0. The molecule has 1 amide bonds. The molecular weight excluding hydrogens is 372 g/mol. The minimum Gasteiger partial charge on any atom is -0.338 e. The Labute approximate surface area is 168 Å². The van der Waals surface area contributed by atoms with Gasteiger partial charge in [0.1, 0.15) is 5.01 Å². The maximum absolute atomic E-state index is 12.8. The van der Waals surface area contributed by atoms with E-state index in [9.17, 15) is 4.79 Å². The average molecular weight is 397 g/mol. The van der Waals surface area contributed by atoms with E-state index >= 15 is 0 Å². The predicted molar refractivity (Wildman–Crippen MR) is 111 cm³/mol. The van der Waals surface area contributed by atoms with Crippen LogP contribution in [-0.4, -0.2) is 70.4 Å². The van der Waals surface area contributed by atoms with Crippen LogP contribution in [0.15, 0.2) is 42.7 Å². The van der Waals surface area contributed by atoms with Crippen molar-refractivity contribution in [2.75, 3.05) is 44.7 Å². The van der Waals surface area contributed by atoms with Crippen molar-refractivity contribution in [2.45, 2.75) is 13.0 Å². The summed E-state index contributed by atoms with van der Waals surface area (Å²) in [7, 11) is 1.99. The topological polar surface area (TPSA) is 65.5 Å². The largest absolute Gasteiger partial charge is 0.338 e. The van der Waals surface area contributed by atoms with Gasteiger partial charge in [0.2, 0.25) is 11.9 Å². The van der Waals surface area contributed by atoms with Crippen LogP contribution in [0, 0.1) is 0 Å². The van der Waals surface area contributed by atoms with Crippen molar-refractivity contribution >= 4 is 33.4 Å². The first kappa shape index (κ1) is 18.8. The molecular formula is C20H24N6OS. The van der Waals surface area contributed by atoms with E-state index in [2.05, 4.69) is 32.8 Å². The van der Waals surface area contributed by atoms with Crippen LogP contribution in [0.4, 0.5) is 5.95 Å². The quantitative estimate of drug-likeness (QED) is 0.660. The Morgan fingerprint density at radius 3 is 2.57 bits per heavy atom. The van der Waals surface area contributed by atoms with Gasteiger partial charge in [-0.3, -0.25) is 9.69 Å². The molecule has 1 saturated heterocycles. The third-order valence-electron chi connectivity index (χ3n) is 5.18. The van der Waals surface area contributed by atoms with E-state index in [-0.39, 0.29) is 11.9 Å². The molecule has 0 radical (unpaired) electrons. The lowest BCUT2D eigenvalue weighted by atomic mass is 10.2. The lowest BCUT2D eigenvalue weighted by molar-refractivity contribution is -0.132. The van der Waals surface area contributed by atoms with Gasteiger partial charge in [0.25, 0.3) is 0 Å². The van der Waals surface area contributed by atoms with Crippen molar-refractivity contribution in [3.63, 3.8) is 0 Å². The number of nitrogens with zero attached hydrogens (tertiary/aromatic N) is 6. The van der Waals surface area contributed by atoms with Crippen LogP contribution in [0.1, 0.15) is 18.0 Å². The summed E-state index contributed by atoms with van der Waals surface area (Å²) in [5.74, 6) is 0.889. The van der Waals surface area contributed by atoms with Gasteiger partial charge in [-0.2, -0.15) is 0 Å². The highest BCUT2D eigenvalue weighted by Crippen LogP contribution is 2.28. The molecule has 3 aromatic rings. The van der Waals surface area contributed by atoms with E-state index < -0.39 is 0 Å². The summed E-state index contributed by atoms with van der Waals surface area (Å²) >= 11 is 1.70. The molecule has 4 rings (SSSR count). The lowest BCUT2D eigenvalue weighted by Crippen LogP contribution is -2.51. The van der Waals surface area contributed by atoms with Gasteiger partial charge < -0.3 is 9.80 Å². The minimum atomic E-state index is 0.0976. The second kappa shape index (κ2) is 8.20. The SMILES string of the molecule is C[C@@H](c1nc2ccccc2s1)N(C)CC(=O)N1CCN(c2ncccn2)CC1. The fraction of sp³-hybridized carbons (Fsp3) is 0.400. The zero-order valence-corrected chi connectivity index (χ0v) is 17.0. The van der Waals surface area contributed by atoms with E-state index in [1.165, 1.54) is 4.70 Å². The standard InChI is InChI=1S/C20H24N6OS/c1-15(19-23-16-6-3-4-7-17(16)28-19)24(2)14-18(27)25-10-12-26(13-11-25)20-21-8-5-9-22-20/h3-9,15H,10-14H2,1-2H3/t15-/m0/s1. The molecule has 1 aliphatic rings. The molecule has 146 valence electrons. The van der Waals surface area contributed by atoms with Crippen molar-refractivity contribution in [1.29, 1.82) is 0 Å². The lowest BCUT2D eigenvalue weighted by Gasteiger charge is -2.35. The highest BCUT2D eigenvalue weighted by atomic mass is 32.1. The van der Waals surface area contributed by atoms with Gasteiger partial charge in [0, 0.05) is 38.6 Å². The number of amides is 1. The van der Waals surface area contributed by atoms with E-state index in [4.69, 9.17) is 4.98 Å². The van der Waals surface area contributed by atoms with E-state index in [0.717, 1.165) is 29.6 Å². The minimum absolute atomic E-state index is 0.0976. The Morgan fingerprint density at radius 1 is 1.14 bits per heavy atom. The van der Waals surface area contributed by atoms with Crippen molar-refractivity contribution in [2.24, 2.45) is 0 Å². The summed E-state index contributed by atoms with van der Waals surface area (Å²) in [5.41, 5.74) is 1.02. The molecule has 0 bridgehead atoms. The van der Waals surface area contributed by atoms with Crippen molar-refractivity contribution in [3.8, 4) is 0 Å². The second-order valence-corrected chi connectivity index (χ2v) is 8.09. The molecule has 1 aliphatic heterocycles. The number of carbonyl (C=O) groups excluding carboxylic acids is 1. The summed E-state index contributed by atoms with van der Waals surface area (Å²) in [6, 6.07) is 10.1. The van der Waals surface area contributed by atoms with Gasteiger partial charge in [-0.15, -0.1) is 11.3 Å². The smallest absolute Gasteiger partial charge is 0.236 e. The van der Waals surface area contributed by atoms with Gasteiger partial charge in [-0.05, 0) is 32.2 Å².